The van der Waals surface area contributed by atoms with E-state index in [9.17, 15) is 4.79 Å². The average Bonchev–Trinajstić information content (AvgIpc) is 2.93. The molecule has 0 N–H and O–H groups in total. The van der Waals surface area contributed by atoms with Crippen molar-refractivity contribution in [1.82, 2.24) is 9.80 Å². The predicted molar refractivity (Wildman–Crippen MR) is 122 cm³/mol. The lowest BCUT2D eigenvalue weighted by Crippen LogP contribution is -2.40. The van der Waals surface area contributed by atoms with Crippen LogP contribution in [0, 0.1) is 0 Å². The van der Waals surface area contributed by atoms with E-state index in [1.165, 1.54) is 34.0 Å². The Hall–Kier alpha value is -1.39. The van der Waals surface area contributed by atoms with Crippen LogP contribution in [-0.2, 0) is 0 Å². The highest BCUT2D eigenvalue weighted by Gasteiger charge is 2.38. The summed E-state index contributed by atoms with van der Waals surface area (Å²) in [7, 11) is 0. The number of benzene rings is 1. The number of hydrogen-bond acceptors (Lipinski definition) is 2. The Labute approximate surface area is 178 Å². The van der Waals surface area contributed by atoms with Crippen molar-refractivity contribution in [2.75, 3.05) is 19.6 Å². The van der Waals surface area contributed by atoms with Crippen LogP contribution in [0.2, 0.25) is 0 Å². The van der Waals surface area contributed by atoms with Gasteiger partial charge in [-0.1, -0.05) is 45.3 Å². The van der Waals surface area contributed by atoms with Gasteiger partial charge in [-0.05, 0) is 71.1 Å². The molecule has 1 aromatic rings. The van der Waals surface area contributed by atoms with Crippen molar-refractivity contribution in [1.29, 1.82) is 0 Å². The van der Waals surface area contributed by atoms with Crippen molar-refractivity contribution < 1.29 is 4.79 Å². The number of rotatable bonds is 6. The third-order valence-electron chi connectivity index (χ3n) is 6.19. The minimum atomic E-state index is 0.117. The van der Waals surface area contributed by atoms with Gasteiger partial charge in [-0.25, -0.2) is 0 Å². The minimum absolute atomic E-state index is 0.117. The zero-order valence-corrected chi connectivity index (χ0v) is 19.3. The van der Waals surface area contributed by atoms with Crippen LogP contribution in [-0.4, -0.2) is 47.4 Å². The van der Waals surface area contributed by atoms with Gasteiger partial charge in [0, 0.05) is 41.8 Å². The van der Waals surface area contributed by atoms with E-state index >= 15 is 0 Å². The molecular weight excluding hydrogens is 412 g/mol. The molecule has 28 heavy (non-hydrogen) atoms. The molecule has 2 aliphatic heterocycles. The number of allylic oxidation sites excluding steroid dienone is 1. The highest BCUT2D eigenvalue weighted by atomic mass is 79.9. The fraction of sp³-hybridized carbons (Fsp3) is 0.542. The lowest BCUT2D eigenvalue weighted by atomic mass is 9.94. The summed E-state index contributed by atoms with van der Waals surface area (Å²) in [6.45, 7) is 11.0. The molecule has 2 saturated heterocycles. The standard InChI is InChI=1S/C24H33BrN2O/c1-5-26(6-2)24(28)19-9-7-18(8-10-19)23(25)20-15-21-11-12-22(16-20)27(21)14-13-17(3)4/h7-10,13,21-22H,5-6,11-12,14-16H2,1-4H3. The SMILES string of the molecule is CCN(CC)C(=O)c1ccc(C(Br)=C2CC3CCC(C2)N3CC=C(C)C)cc1. The Bertz CT molecular complexity index is 741. The maximum absolute atomic E-state index is 12.5. The fourth-order valence-electron chi connectivity index (χ4n) is 4.53. The summed E-state index contributed by atoms with van der Waals surface area (Å²) in [5.41, 5.74) is 4.89. The Morgan fingerprint density at radius 1 is 1.07 bits per heavy atom. The van der Waals surface area contributed by atoms with Crippen LogP contribution >= 0.6 is 15.9 Å². The van der Waals surface area contributed by atoms with Gasteiger partial charge in [0.2, 0.25) is 0 Å². The minimum Gasteiger partial charge on any atom is -0.339 e. The maximum Gasteiger partial charge on any atom is 0.253 e. The van der Waals surface area contributed by atoms with Crippen molar-refractivity contribution in [3.8, 4) is 0 Å². The van der Waals surface area contributed by atoms with Gasteiger partial charge in [-0.3, -0.25) is 9.69 Å². The topological polar surface area (TPSA) is 23.6 Å². The van der Waals surface area contributed by atoms with Crippen LogP contribution in [0.1, 0.15) is 69.3 Å². The van der Waals surface area contributed by atoms with Gasteiger partial charge < -0.3 is 4.90 Å². The molecule has 152 valence electrons. The number of nitrogens with zero attached hydrogens (tertiary/aromatic N) is 2. The first-order chi connectivity index (χ1) is 13.4. The normalized spacial score (nSPS) is 21.5. The van der Waals surface area contributed by atoms with E-state index in [1.54, 1.807) is 0 Å². The van der Waals surface area contributed by atoms with Crippen molar-refractivity contribution in [3.05, 3.63) is 52.6 Å². The van der Waals surface area contributed by atoms with Gasteiger partial charge in [-0.15, -0.1) is 0 Å². The van der Waals surface area contributed by atoms with Gasteiger partial charge in [-0.2, -0.15) is 0 Å². The van der Waals surface area contributed by atoms with E-state index in [1.807, 2.05) is 30.9 Å². The Balaban J connectivity index is 1.74. The number of fused-ring (bicyclic) bond motifs is 2. The molecule has 0 aliphatic carbocycles. The fourth-order valence-corrected chi connectivity index (χ4v) is 5.12. The quantitative estimate of drug-likeness (QED) is 0.512. The molecule has 2 bridgehead atoms. The second kappa shape index (κ2) is 9.41. The van der Waals surface area contributed by atoms with Crippen molar-refractivity contribution in [2.24, 2.45) is 0 Å². The zero-order valence-electron chi connectivity index (χ0n) is 17.7. The lowest BCUT2D eigenvalue weighted by molar-refractivity contribution is 0.0773. The molecule has 1 aromatic carbocycles. The lowest BCUT2D eigenvalue weighted by Gasteiger charge is -2.36. The van der Waals surface area contributed by atoms with Gasteiger partial charge in [0.15, 0.2) is 0 Å². The molecule has 0 spiro atoms. The molecule has 1 amide bonds. The molecule has 2 heterocycles. The summed E-state index contributed by atoms with van der Waals surface area (Å²) in [5, 5.41) is 0. The van der Waals surface area contributed by atoms with E-state index in [2.05, 4.69) is 52.9 Å². The third kappa shape index (κ3) is 4.60. The smallest absolute Gasteiger partial charge is 0.253 e. The second-order valence-electron chi connectivity index (χ2n) is 8.24. The maximum atomic E-state index is 12.5. The van der Waals surface area contributed by atoms with Gasteiger partial charge in [0.25, 0.3) is 5.91 Å². The van der Waals surface area contributed by atoms with Gasteiger partial charge in [0.1, 0.15) is 0 Å². The van der Waals surface area contributed by atoms with Crippen molar-refractivity contribution >= 4 is 26.3 Å². The summed E-state index contributed by atoms with van der Waals surface area (Å²) in [6, 6.07) is 9.45. The van der Waals surface area contributed by atoms with Crippen molar-refractivity contribution in [2.45, 2.75) is 65.5 Å². The number of carbonyl (C=O) groups is 1. The van der Waals surface area contributed by atoms with Crippen LogP contribution in [0.15, 0.2) is 41.5 Å². The summed E-state index contributed by atoms with van der Waals surface area (Å²) in [5.74, 6) is 0.117. The van der Waals surface area contributed by atoms with Crippen LogP contribution in [0.5, 0.6) is 0 Å². The first-order valence-corrected chi connectivity index (χ1v) is 11.4. The molecule has 4 heteroatoms. The molecule has 0 aromatic heterocycles. The summed E-state index contributed by atoms with van der Waals surface area (Å²) in [4.78, 5) is 17.1. The molecule has 3 rings (SSSR count). The Kier molecular flexibility index (Phi) is 7.16. The number of halogens is 1. The van der Waals surface area contributed by atoms with E-state index in [0.29, 0.717) is 12.1 Å². The second-order valence-corrected chi connectivity index (χ2v) is 9.04. The average molecular weight is 445 g/mol. The highest BCUT2D eigenvalue weighted by Crippen LogP contribution is 2.42. The molecule has 0 radical (unpaired) electrons. The van der Waals surface area contributed by atoms with Crippen molar-refractivity contribution in [3.63, 3.8) is 0 Å². The predicted octanol–water partition coefficient (Wildman–Crippen LogP) is 5.87. The number of carbonyl (C=O) groups excluding carboxylic acids is 1. The molecule has 2 atom stereocenters. The number of hydrogen-bond donors (Lipinski definition) is 0. The first-order valence-electron chi connectivity index (χ1n) is 10.6. The number of piperidine rings is 1. The molecule has 3 nitrogen and oxygen atoms in total. The van der Waals surface area contributed by atoms with Crippen LogP contribution < -0.4 is 0 Å². The number of amides is 1. The molecule has 2 aliphatic rings. The highest BCUT2D eigenvalue weighted by molar-refractivity contribution is 9.15. The molecule has 2 unspecified atom stereocenters. The Morgan fingerprint density at radius 2 is 1.61 bits per heavy atom. The first kappa shape index (κ1) is 21.3. The summed E-state index contributed by atoms with van der Waals surface area (Å²) in [6.07, 6.45) is 7.27. The third-order valence-corrected chi connectivity index (χ3v) is 7.21. The monoisotopic (exact) mass is 444 g/mol. The molecular formula is C24H33BrN2O. The Morgan fingerprint density at radius 3 is 2.11 bits per heavy atom. The van der Waals surface area contributed by atoms with E-state index in [4.69, 9.17) is 0 Å². The van der Waals surface area contributed by atoms with Gasteiger partial charge in [0.05, 0.1) is 0 Å². The zero-order chi connectivity index (χ0) is 20.3. The summed E-state index contributed by atoms with van der Waals surface area (Å²) < 4.78 is 1.23. The molecule has 0 saturated carbocycles. The van der Waals surface area contributed by atoms with Crippen LogP contribution in [0.25, 0.3) is 4.48 Å². The van der Waals surface area contributed by atoms with E-state index < -0.39 is 0 Å². The summed E-state index contributed by atoms with van der Waals surface area (Å²) >= 11 is 3.88. The largest absolute Gasteiger partial charge is 0.339 e. The van der Waals surface area contributed by atoms with Crippen LogP contribution in [0.4, 0.5) is 0 Å². The molecule has 2 fully saturated rings. The van der Waals surface area contributed by atoms with E-state index in [-0.39, 0.29) is 5.91 Å². The van der Waals surface area contributed by atoms with Gasteiger partial charge >= 0.3 is 0 Å². The van der Waals surface area contributed by atoms with E-state index in [0.717, 1.165) is 38.0 Å². The van der Waals surface area contributed by atoms with Crippen LogP contribution in [0.3, 0.4) is 0 Å².